The zero-order valence-corrected chi connectivity index (χ0v) is 16.4. The van der Waals surface area contributed by atoms with Crippen LogP contribution in [0, 0.1) is 5.82 Å². The molecule has 150 valence electrons. The second kappa shape index (κ2) is 9.12. The van der Waals surface area contributed by atoms with E-state index in [1.165, 1.54) is 28.6 Å². The van der Waals surface area contributed by atoms with Crippen LogP contribution in [0.3, 0.4) is 0 Å². The molecule has 6 nitrogen and oxygen atoms in total. The molecule has 0 radical (unpaired) electrons. The Labute approximate surface area is 160 Å². The van der Waals surface area contributed by atoms with E-state index in [-0.39, 0.29) is 24.2 Å². The van der Waals surface area contributed by atoms with Crippen LogP contribution in [0.5, 0.6) is 0 Å². The summed E-state index contributed by atoms with van der Waals surface area (Å²) in [4.78, 5) is 14.7. The van der Waals surface area contributed by atoms with E-state index < -0.39 is 15.8 Å². The highest BCUT2D eigenvalue weighted by molar-refractivity contribution is 7.89. The molecule has 1 amide bonds. The fourth-order valence-electron chi connectivity index (χ4n) is 3.87. The van der Waals surface area contributed by atoms with E-state index in [4.69, 9.17) is 0 Å². The maximum absolute atomic E-state index is 13.2. The Kier molecular flexibility index (Phi) is 6.83. The molecule has 1 saturated heterocycles. The van der Waals surface area contributed by atoms with Crippen LogP contribution in [0.2, 0.25) is 0 Å². The van der Waals surface area contributed by atoms with Crippen molar-refractivity contribution in [3.63, 3.8) is 0 Å². The first-order valence-corrected chi connectivity index (χ1v) is 11.3. The molecule has 1 N–H and O–H groups in total. The van der Waals surface area contributed by atoms with Crippen molar-refractivity contribution in [1.29, 1.82) is 0 Å². The van der Waals surface area contributed by atoms with Crippen LogP contribution in [0.1, 0.15) is 42.5 Å². The summed E-state index contributed by atoms with van der Waals surface area (Å²) in [6.07, 6.45) is 5.01. The number of nitrogens with one attached hydrogen (secondary N) is 1. The van der Waals surface area contributed by atoms with Crippen molar-refractivity contribution in [2.24, 2.45) is 0 Å². The maximum atomic E-state index is 13.2. The van der Waals surface area contributed by atoms with Gasteiger partial charge < -0.3 is 10.2 Å². The summed E-state index contributed by atoms with van der Waals surface area (Å²) in [6.45, 7) is 2.42. The lowest BCUT2D eigenvalue weighted by atomic mass is 9.93. The third kappa shape index (κ3) is 5.27. The number of hydrogen-bond donors (Lipinski definition) is 1. The number of nitrogens with zero attached hydrogens (tertiary/aromatic N) is 2. The van der Waals surface area contributed by atoms with E-state index in [1.807, 2.05) is 0 Å². The van der Waals surface area contributed by atoms with Gasteiger partial charge in [0.05, 0.1) is 5.75 Å². The van der Waals surface area contributed by atoms with Gasteiger partial charge in [-0.05, 0) is 37.1 Å². The lowest BCUT2D eigenvalue weighted by Gasteiger charge is -2.35. The maximum Gasteiger partial charge on any atom is 0.254 e. The van der Waals surface area contributed by atoms with E-state index in [0.717, 1.165) is 32.1 Å². The van der Waals surface area contributed by atoms with Crippen molar-refractivity contribution >= 4 is 15.9 Å². The van der Waals surface area contributed by atoms with Crippen molar-refractivity contribution in [2.75, 3.05) is 38.5 Å². The average Bonchev–Trinajstić information content (AvgIpc) is 2.70. The van der Waals surface area contributed by atoms with Gasteiger partial charge in [-0.1, -0.05) is 19.3 Å². The molecule has 1 saturated carbocycles. The van der Waals surface area contributed by atoms with Crippen molar-refractivity contribution < 1.29 is 17.6 Å². The minimum atomic E-state index is -3.40. The molecule has 0 aromatic heterocycles. The molecule has 0 unspecified atom stereocenters. The predicted molar refractivity (Wildman–Crippen MR) is 103 cm³/mol. The lowest BCUT2D eigenvalue weighted by Crippen LogP contribution is -2.49. The smallest absolute Gasteiger partial charge is 0.254 e. The number of carbonyl (C=O) groups is 1. The summed E-state index contributed by atoms with van der Waals surface area (Å²) >= 11 is 0. The molecular weight excluding hydrogens is 369 g/mol. The van der Waals surface area contributed by atoms with Crippen molar-refractivity contribution in [1.82, 2.24) is 14.5 Å². The third-order valence-corrected chi connectivity index (χ3v) is 7.28. The second-order valence-electron chi connectivity index (χ2n) is 7.26. The number of halogens is 1. The molecule has 1 aliphatic heterocycles. The molecule has 3 rings (SSSR count). The van der Waals surface area contributed by atoms with Gasteiger partial charge in [-0.3, -0.25) is 4.79 Å². The van der Waals surface area contributed by atoms with Crippen molar-refractivity contribution in [3.8, 4) is 0 Å². The number of hydrogen-bond acceptors (Lipinski definition) is 4. The minimum Gasteiger partial charge on any atom is -0.335 e. The van der Waals surface area contributed by atoms with Gasteiger partial charge >= 0.3 is 0 Å². The van der Waals surface area contributed by atoms with E-state index in [2.05, 4.69) is 5.32 Å². The zero-order chi connectivity index (χ0) is 19.3. The average molecular weight is 398 g/mol. The summed E-state index contributed by atoms with van der Waals surface area (Å²) in [5, 5.41) is 3.15. The van der Waals surface area contributed by atoms with Gasteiger partial charge in [0.2, 0.25) is 10.0 Å². The zero-order valence-electron chi connectivity index (χ0n) is 15.6. The lowest BCUT2D eigenvalue weighted by molar-refractivity contribution is 0.0649. The Bertz CT molecular complexity index is 727. The highest BCUT2D eigenvalue weighted by Crippen LogP contribution is 2.24. The van der Waals surface area contributed by atoms with E-state index in [0.29, 0.717) is 31.7 Å². The van der Waals surface area contributed by atoms with Gasteiger partial charge in [0.15, 0.2) is 0 Å². The summed E-state index contributed by atoms with van der Waals surface area (Å²) in [5.74, 6) is -0.675. The molecular formula is C19H28FN3O3S. The van der Waals surface area contributed by atoms with E-state index in [9.17, 15) is 17.6 Å². The van der Waals surface area contributed by atoms with Crippen molar-refractivity contribution in [3.05, 3.63) is 35.6 Å². The molecule has 1 aromatic carbocycles. The third-order valence-electron chi connectivity index (χ3n) is 5.43. The van der Waals surface area contributed by atoms with Gasteiger partial charge in [-0.2, -0.15) is 4.31 Å². The van der Waals surface area contributed by atoms with Crippen LogP contribution < -0.4 is 5.32 Å². The van der Waals surface area contributed by atoms with Crippen LogP contribution >= 0.6 is 0 Å². The SMILES string of the molecule is O=C(c1ccc(F)cc1)N(CCS(=O)(=O)N1CCNCC1)C1CCCCC1. The topological polar surface area (TPSA) is 69.7 Å². The normalized spacial score (nSPS) is 19.7. The molecule has 2 fully saturated rings. The van der Waals surface area contributed by atoms with Gasteiger partial charge in [-0.25, -0.2) is 12.8 Å². The number of rotatable bonds is 6. The summed E-state index contributed by atoms with van der Waals surface area (Å²) in [7, 11) is -3.40. The highest BCUT2D eigenvalue weighted by Gasteiger charge is 2.30. The summed E-state index contributed by atoms with van der Waals surface area (Å²) in [5.41, 5.74) is 0.404. The number of sulfonamides is 1. The highest BCUT2D eigenvalue weighted by atomic mass is 32.2. The summed E-state index contributed by atoms with van der Waals surface area (Å²) in [6, 6.07) is 5.53. The van der Waals surface area contributed by atoms with Crippen LogP contribution in [0.15, 0.2) is 24.3 Å². The van der Waals surface area contributed by atoms with Gasteiger partial charge in [0.25, 0.3) is 5.91 Å². The standard InChI is InChI=1S/C19H28FN3O3S/c20-17-8-6-16(7-9-17)19(24)23(18-4-2-1-3-5-18)14-15-27(25,26)22-12-10-21-11-13-22/h6-9,18,21H,1-5,10-15H2. The Morgan fingerprint density at radius 3 is 2.37 bits per heavy atom. The Balaban J connectivity index is 1.73. The molecule has 0 spiro atoms. The molecule has 27 heavy (non-hydrogen) atoms. The van der Waals surface area contributed by atoms with Crippen molar-refractivity contribution in [2.45, 2.75) is 38.1 Å². The van der Waals surface area contributed by atoms with E-state index in [1.54, 1.807) is 4.90 Å². The Morgan fingerprint density at radius 2 is 1.74 bits per heavy atom. The largest absolute Gasteiger partial charge is 0.335 e. The predicted octanol–water partition coefficient (Wildman–Crippen LogP) is 1.84. The van der Waals surface area contributed by atoms with Crippen LogP contribution in [-0.2, 0) is 10.0 Å². The first-order chi connectivity index (χ1) is 13.0. The number of piperazine rings is 1. The van der Waals surface area contributed by atoms with Crippen LogP contribution in [0.25, 0.3) is 0 Å². The molecule has 0 bridgehead atoms. The van der Waals surface area contributed by atoms with Gasteiger partial charge in [0.1, 0.15) is 5.82 Å². The first-order valence-electron chi connectivity index (χ1n) is 9.72. The van der Waals surface area contributed by atoms with Crippen LogP contribution in [-0.4, -0.2) is 68.0 Å². The number of amides is 1. The molecule has 2 aliphatic rings. The fraction of sp³-hybridized carbons (Fsp3) is 0.632. The molecule has 1 aliphatic carbocycles. The Hall–Kier alpha value is -1.51. The number of benzene rings is 1. The second-order valence-corrected chi connectivity index (χ2v) is 9.35. The molecule has 0 atom stereocenters. The summed E-state index contributed by atoms with van der Waals surface area (Å²) < 4.78 is 40.1. The molecule has 1 aromatic rings. The van der Waals surface area contributed by atoms with Gasteiger partial charge in [-0.15, -0.1) is 0 Å². The number of carbonyl (C=O) groups excluding carboxylic acids is 1. The van der Waals surface area contributed by atoms with Crippen LogP contribution in [0.4, 0.5) is 4.39 Å². The monoisotopic (exact) mass is 397 g/mol. The minimum absolute atomic E-state index is 0.0505. The molecule has 1 heterocycles. The Morgan fingerprint density at radius 1 is 1.11 bits per heavy atom. The van der Waals surface area contributed by atoms with Gasteiger partial charge in [0, 0.05) is 44.3 Å². The quantitative estimate of drug-likeness (QED) is 0.795. The molecule has 8 heteroatoms. The van der Waals surface area contributed by atoms with E-state index >= 15 is 0 Å². The first kappa shape index (κ1) is 20.2. The fourth-order valence-corrected chi connectivity index (χ4v) is 5.29.